The molecule has 0 saturated carbocycles. The molecular weight excluding hydrogens is 142 g/mol. The molecule has 4 nitrogen and oxygen atoms in total. The first-order valence-corrected chi connectivity index (χ1v) is 3.87. The lowest BCUT2D eigenvalue weighted by atomic mass is 10.2. The summed E-state index contributed by atoms with van der Waals surface area (Å²) in [6.07, 6.45) is 2.02. The molecule has 66 valence electrons. The van der Waals surface area contributed by atoms with Crippen molar-refractivity contribution in [2.45, 2.75) is 25.8 Å². The number of rotatable bonds is 5. The van der Waals surface area contributed by atoms with Crippen molar-refractivity contribution in [3.8, 4) is 0 Å². The van der Waals surface area contributed by atoms with Crippen molar-refractivity contribution in [1.82, 2.24) is 10.6 Å². The molecule has 0 aromatic heterocycles. The van der Waals surface area contributed by atoms with Gasteiger partial charge in [-0.3, -0.25) is 0 Å². The van der Waals surface area contributed by atoms with Gasteiger partial charge in [-0.1, -0.05) is 0 Å². The van der Waals surface area contributed by atoms with Crippen molar-refractivity contribution in [3.05, 3.63) is 0 Å². The smallest absolute Gasteiger partial charge is 0.312 e. The van der Waals surface area contributed by atoms with E-state index < -0.39 is 6.03 Å². The molecule has 2 amide bonds. The Balaban J connectivity index is 3.08. The molecule has 0 spiro atoms. The van der Waals surface area contributed by atoms with Gasteiger partial charge in [-0.15, -0.1) is 0 Å². The van der Waals surface area contributed by atoms with Crippen LogP contribution in [0.5, 0.6) is 0 Å². The van der Waals surface area contributed by atoms with Gasteiger partial charge in [-0.05, 0) is 26.8 Å². The maximum absolute atomic E-state index is 10.2. The molecule has 0 aromatic carbocycles. The van der Waals surface area contributed by atoms with Gasteiger partial charge in [0.1, 0.15) is 0 Å². The van der Waals surface area contributed by atoms with E-state index >= 15 is 0 Å². The van der Waals surface area contributed by atoms with E-state index in [1.165, 1.54) is 0 Å². The molecule has 0 saturated heterocycles. The normalized spacial score (nSPS) is 12.5. The maximum Gasteiger partial charge on any atom is 0.312 e. The number of nitrogens with one attached hydrogen (secondary N) is 2. The number of primary amides is 1. The van der Waals surface area contributed by atoms with Gasteiger partial charge in [0, 0.05) is 12.6 Å². The van der Waals surface area contributed by atoms with Crippen molar-refractivity contribution in [1.29, 1.82) is 0 Å². The fourth-order valence-electron chi connectivity index (χ4n) is 0.764. The van der Waals surface area contributed by atoms with Crippen LogP contribution >= 0.6 is 0 Å². The van der Waals surface area contributed by atoms with Crippen LogP contribution in [-0.4, -0.2) is 25.7 Å². The average molecular weight is 159 g/mol. The highest BCUT2D eigenvalue weighted by atomic mass is 16.2. The van der Waals surface area contributed by atoms with Gasteiger partial charge in [0.2, 0.25) is 0 Å². The van der Waals surface area contributed by atoms with Crippen LogP contribution in [0.15, 0.2) is 0 Å². The van der Waals surface area contributed by atoms with Crippen LogP contribution in [0.25, 0.3) is 0 Å². The number of carbonyl (C=O) groups excluding carboxylic acids is 1. The molecule has 0 aliphatic heterocycles. The van der Waals surface area contributed by atoms with Crippen molar-refractivity contribution in [2.75, 3.05) is 13.6 Å². The number of nitrogens with two attached hydrogens (primary N) is 1. The molecule has 0 unspecified atom stereocenters. The van der Waals surface area contributed by atoms with E-state index in [4.69, 9.17) is 5.73 Å². The number of hydrogen-bond acceptors (Lipinski definition) is 2. The third-order valence-electron chi connectivity index (χ3n) is 1.61. The molecule has 0 aliphatic carbocycles. The van der Waals surface area contributed by atoms with Crippen molar-refractivity contribution >= 4 is 6.03 Å². The quantitative estimate of drug-likeness (QED) is 0.496. The van der Waals surface area contributed by atoms with Crippen molar-refractivity contribution in [3.63, 3.8) is 0 Å². The van der Waals surface area contributed by atoms with Crippen LogP contribution in [0.3, 0.4) is 0 Å². The standard InChI is InChI=1S/C7H17N3O/c1-6(9-2)4-3-5-10-7(8)11/h6,9H,3-5H2,1-2H3,(H3,8,10,11)/t6-/m1/s1. The summed E-state index contributed by atoms with van der Waals surface area (Å²) in [6.45, 7) is 2.77. The second-order valence-electron chi connectivity index (χ2n) is 2.62. The number of amides is 2. The second-order valence-corrected chi connectivity index (χ2v) is 2.62. The third-order valence-corrected chi connectivity index (χ3v) is 1.61. The van der Waals surface area contributed by atoms with Gasteiger partial charge in [0.05, 0.1) is 0 Å². The summed E-state index contributed by atoms with van der Waals surface area (Å²) in [5.74, 6) is 0. The lowest BCUT2D eigenvalue weighted by molar-refractivity contribution is 0.248. The van der Waals surface area contributed by atoms with Crippen LogP contribution in [0, 0.1) is 0 Å². The predicted molar refractivity (Wildman–Crippen MR) is 45.3 cm³/mol. The Morgan fingerprint density at radius 3 is 2.73 bits per heavy atom. The first-order valence-electron chi connectivity index (χ1n) is 3.87. The molecule has 0 aliphatic rings. The number of carbonyl (C=O) groups is 1. The van der Waals surface area contributed by atoms with Gasteiger partial charge >= 0.3 is 6.03 Å². The van der Waals surface area contributed by atoms with Crippen molar-refractivity contribution in [2.24, 2.45) is 5.73 Å². The number of hydrogen-bond donors (Lipinski definition) is 3. The Morgan fingerprint density at radius 2 is 2.27 bits per heavy atom. The summed E-state index contributed by atoms with van der Waals surface area (Å²) in [7, 11) is 1.92. The van der Waals surface area contributed by atoms with E-state index in [1.54, 1.807) is 0 Å². The summed E-state index contributed by atoms with van der Waals surface area (Å²) in [5.41, 5.74) is 4.88. The minimum atomic E-state index is -0.442. The zero-order valence-corrected chi connectivity index (χ0v) is 7.18. The van der Waals surface area contributed by atoms with Gasteiger partial charge in [-0.2, -0.15) is 0 Å². The zero-order valence-electron chi connectivity index (χ0n) is 7.18. The summed E-state index contributed by atoms with van der Waals surface area (Å²) in [6, 6.07) is 0.0618. The highest BCUT2D eigenvalue weighted by Gasteiger charge is 1.97. The van der Waals surface area contributed by atoms with Gasteiger partial charge in [0.15, 0.2) is 0 Å². The fourth-order valence-corrected chi connectivity index (χ4v) is 0.764. The van der Waals surface area contributed by atoms with Gasteiger partial charge in [0.25, 0.3) is 0 Å². The molecule has 0 heterocycles. The topological polar surface area (TPSA) is 67.2 Å². The summed E-state index contributed by atoms with van der Waals surface area (Å²) in [5, 5.41) is 5.65. The molecule has 11 heavy (non-hydrogen) atoms. The predicted octanol–water partition coefficient (Wildman–Crippen LogP) is 0.0428. The SMILES string of the molecule is CN[C@H](C)CCCNC(N)=O. The highest BCUT2D eigenvalue weighted by molar-refractivity contribution is 5.71. The van der Waals surface area contributed by atoms with Crippen LogP contribution in [0.2, 0.25) is 0 Å². The first kappa shape index (κ1) is 10.2. The Bertz CT molecular complexity index is 116. The monoisotopic (exact) mass is 159 g/mol. The summed E-state index contributed by atoms with van der Waals surface area (Å²) in [4.78, 5) is 10.2. The van der Waals surface area contributed by atoms with Crippen LogP contribution < -0.4 is 16.4 Å². The maximum atomic E-state index is 10.2. The molecule has 0 fully saturated rings. The Hall–Kier alpha value is -0.770. The fraction of sp³-hybridized carbons (Fsp3) is 0.857. The average Bonchev–Trinajstić information content (AvgIpc) is 1.97. The molecule has 0 bridgehead atoms. The van der Waals surface area contributed by atoms with E-state index in [9.17, 15) is 4.79 Å². The molecule has 4 N–H and O–H groups in total. The zero-order chi connectivity index (χ0) is 8.69. The van der Waals surface area contributed by atoms with Crippen LogP contribution in [-0.2, 0) is 0 Å². The lowest BCUT2D eigenvalue weighted by Crippen LogP contribution is -2.31. The van der Waals surface area contributed by atoms with Gasteiger partial charge < -0.3 is 16.4 Å². The second kappa shape index (κ2) is 5.97. The van der Waals surface area contributed by atoms with E-state index in [1.807, 2.05) is 7.05 Å². The van der Waals surface area contributed by atoms with E-state index in [0.29, 0.717) is 12.6 Å². The Labute approximate surface area is 67.5 Å². The molecular formula is C7H17N3O. The Morgan fingerprint density at radius 1 is 1.64 bits per heavy atom. The number of urea groups is 1. The molecule has 0 rings (SSSR count). The lowest BCUT2D eigenvalue weighted by Gasteiger charge is -2.08. The summed E-state index contributed by atoms with van der Waals surface area (Å²) >= 11 is 0. The third kappa shape index (κ3) is 7.12. The molecule has 0 radical (unpaired) electrons. The van der Waals surface area contributed by atoms with E-state index in [2.05, 4.69) is 17.6 Å². The largest absolute Gasteiger partial charge is 0.352 e. The minimum Gasteiger partial charge on any atom is -0.352 e. The minimum absolute atomic E-state index is 0.442. The van der Waals surface area contributed by atoms with Crippen molar-refractivity contribution < 1.29 is 4.79 Å². The van der Waals surface area contributed by atoms with Crippen LogP contribution in [0.4, 0.5) is 4.79 Å². The first-order chi connectivity index (χ1) is 5.16. The molecule has 1 atom stereocenters. The Kier molecular flexibility index (Phi) is 5.56. The van der Waals surface area contributed by atoms with Gasteiger partial charge in [-0.25, -0.2) is 4.79 Å². The molecule has 0 aromatic rings. The molecule has 4 heteroatoms. The highest BCUT2D eigenvalue weighted by Crippen LogP contribution is 1.92. The summed E-state index contributed by atoms with van der Waals surface area (Å²) < 4.78 is 0. The van der Waals surface area contributed by atoms with Crippen LogP contribution in [0.1, 0.15) is 19.8 Å². The van der Waals surface area contributed by atoms with E-state index in [-0.39, 0.29) is 0 Å². The van der Waals surface area contributed by atoms with E-state index in [0.717, 1.165) is 12.8 Å².